The Kier molecular flexibility index (Phi) is 8.42. The zero-order chi connectivity index (χ0) is 27.2. The topological polar surface area (TPSA) is 74.8 Å². The van der Waals surface area contributed by atoms with Gasteiger partial charge in [-0.15, -0.1) is 0 Å². The fourth-order valence-electron chi connectivity index (χ4n) is 4.27. The summed E-state index contributed by atoms with van der Waals surface area (Å²) in [5.41, 5.74) is 2.79. The monoisotopic (exact) mass is 560 g/mol. The Morgan fingerprint density at radius 2 is 1.54 bits per heavy atom. The molecule has 2 heterocycles. The molecule has 9 heteroatoms. The Hall–Kier alpha value is -3.91. The quantitative estimate of drug-likeness (QED) is 0.283. The summed E-state index contributed by atoms with van der Waals surface area (Å²) < 4.78 is 5.82. The number of anilines is 1. The number of halogens is 2. The molecular weight excluding hydrogens is 535 g/mol. The van der Waals surface area contributed by atoms with Gasteiger partial charge in [0.2, 0.25) is 5.88 Å². The van der Waals surface area contributed by atoms with Crippen LogP contribution in [0.5, 0.6) is 11.6 Å². The van der Waals surface area contributed by atoms with Crippen LogP contribution in [0.2, 0.25) is 10.0 Å². The molecule has 0 radical (unpaired) electrons. The van der Waals surface area contributed by atoms with Crippen molar-refractivity contribution in [3.63, 3.8) is 0 Å². The first-order chi connectivity index (χ1) is 18.9. The molecule has 3 aromatic carbocycles. The van der Waals surface area contributed by atoms with Gasteiger partial charge in [0.05, 0.1) is 21.9 Å². The molecule has 0 spiro atoms. The van der Waals surface area contributed by atoms with E-state index in [4.69, 9.17) is 27.9 Å². The van der Waals surface area contributed by atoms with Crippen molar-refractivity contribution in [2.75, 3.05) is 31.5 Å². The molecule has 1 aliphatic heterocycles. The normalized spacial score (nSPS) is 13.6. The van der Waals surface area contributed by atoms with Crippen molar-refractivity contribution in [1.82, 2.24) is 14.8 Å². The van der Waals surface area contributed by atoms with Crippen LogP contribution in [0.3, 0.4) is 0 Å². The zero-order valence-corrected chi connectivity index (χ0v) is 22.5. The fourth-order valence-corrected chi connectivity index (χ4v) is 4.57. The van der Waals surface area contributed by atoms with Gasteiger partial charge in [-0.1, -0.05) is 53.5 Å². The minimum Gasteiger partial charge on any atom is -0.439 e. The van der Waals surface area contributed by atoms with Gasteiger partial charge < -0.3 is 15.0 Å². The lowest BCUT2D eigenvalue weighted by Crippen LogP contribution is -2.48. The molecule has 4 aromatic rings. The molecule has 0 bridgehead atoms. The van der Waals surface area contributed by atoms with Crippen molar-refractivity contribution in [2.24, 2.45) is 0 Å². The number of carbonyl (C=O) groups excluding carboxylic acids is 2. The number of pyridine rings is 1. The van der Waals surface area contributed by atoms with Gasteiger partial charge in [0.15, 0.2) is 0 Å². The maximum Gasteiger partial charge on any atom is 0.255 e. The summed E-state index contributed by atoms with van der Waals surface area (Å²) in [6.45, 7) is 3.98. The Bertz CT molecular complexity index is 1440. The summed E-state index contributed by atoms with van der Waals surface area (Å²) in [6.07, 6.45) is 1.50. The van der Waals surface area contributed by atoms with E-state index in [1.165, 1.54) is 17.8 Å². The number of rotatable bonds is 7. The smallest absolute Gasteiger partial charge is 0.255 e. The van der Waals surface area contributed by atoms with E-state index < -0.39 is 0 Å². The van der Waals surface area contributed by atoms with Gasteiger partial charge in [-0.05, 0) is 54.1 Å². The van der Waals surface area contributed by atoms with Crippen molar-refractivity contribution in [3.8, 4) is 11.6 Å². The molecular formula is C30H26Cl2N4O3. The van der Waals surface area contributed by atoms with Crippen LogP contribution in [-0.4, -0.2) is 52.8 Å². The largest absolute Gasteiger partial charge is 0.439 e. The molecule has 1 fully saturated rings. The van der Waals surface area contributed by atoms with Crippen LogP contribution in [-0.2, 0) is 6.54 Å². The Labute approximate surface area is 236 Å². The number of aromatic nitrogens is 1. The van der Waals surface area contributed by atoms with Crippen LogP contribution in [0.15, 0.2) is 91.1 Å². The summed E-state index contributed by atoms with van der Waals surface area (Å²) in [7, 11) is 0. The average Bonchev–Trinajstić information content (AvgIpc) is 2.96. The molecule has 1 saturated heterocycles. The molecule has 0 aliphatic carbocycles. The van der Waals surface area contributed by atoms with Gasteiger partial charge in [-0.25, -0.2) is 4.98 Å². The summed E-state index contributed by atoms with van der Waals surface area (Å²) in [5, 5.41) is 3.44. The van der Waals surface area contributed by atoms with Gasteiger partial charge in [0.25, 0.3) is 11.8 Å². The third-order valence-electron chi connectivity index (χ3n) is 6.41. The van der Waals surface area contributed by atoms with Crippen molar-refractivity contribution in [1.29, 1.82) is 0 Å². The van der Waals surface area contributed by atoms with Crippen molar-refractivity contribution in [3.05, 3.63) is 118 Å². The second-order valence-electron chi connectivity index (χ2n) is 9.15. The van der Waals surface area contributed by atoms with Crippen LogP contribution in [0.4, 0.5) is 5.69 Å². The molecule has 0 unspecified atom stereocenters. The lowest BCUT2D eigenvalue weighted by atomic mass is 10.1. The Balaban J connectivity index is 1.12. The molecule has 0 atom stereocenters. The predicted octanol–water partition coefficient (Wildman–Crippen LogP) is 6.39. The first-order valence-electron chi connectivity index (χ1n) is 12.5. The lowest BCUT2D eigenvalue weighted by Gasteiger charge is -2.34. The first-order valence-corrected chi connectivity index (χ1v) is 13.3. The number of benzene rings is 3. The van der Waals surface area contributed by atoms with Crippen LogP contribution in [0.1, 0.15) is 26.3 Å². The van der Waals surface area contributed by atoms with Crippen molar-refractivity contribution < 1.29 is 14.3 Å². The van der Waals surface area contributed by atoms with Crippen LogP contribution < -0.4 is 10.1 Å². The van der Waals surface area contributed by atoms with E-state index in [-0.39, 0.29) is 11.8 Å². The van der Waals surface area contributed by atoms with Gasteiger partial charge in [-0.3, -0.25) is 14.5 Å². The maximum atomic E-state index is 13.0. The van der Waals surface area contributed by atoms with Gasteiger partial charge >= 0.3 is 0 Å². The molecule has 5 rings (SSSR count). The molecule has 0 saturated carbocycles. The number of piperazine rings is 1. The number of nitrogens with zero attached hydrogens (tertiary/aromatic N) is 3. The third-order valence-corrected chi connectivity index (χ3v) is 7.15. The SMILES string of the molecule is O=C(Nc1ccc(Oc2ccc(C(=O)N3CCN(Cc4ccccc4)CC3)cc2)nc1)c1ccc(Cl)c(Cl)c1. The highest BCUT2D eigenvalue weighted by Crippen LogP contribution is 2.24. The minimum absolute atomic E-state index is 0.0149. The first kappa shape index (κ1) is 26.7. The molecule has 7 nitrogen and oxygen atoms in total. The van der Waals surface area contributed by atoms with Gasteiger partial charge in [0, 0.05) is 49.9 Å². The Morgan fingerprint density at radius 1 is 0.821 bits per heavy atom. The summed E-state index contributed by atoms with van der Waals surface area (Å²) in [6, 6.07) is 25.4. The second-order valence-corrected chi connectivity index (χ2v) is 9.96. The second kappa shape index (κ2) is 12.3. The van der Waals surface area contributed by atoms with Crippen molar-refractivity contribution in [2.45, 2.75) is 6.54 Å². The van der Waals surface area contributed by atoms with Crippen LogP contribution in [0, 0.1) is 0 Å². The number of carbonyl (C=O) groups is 2. The van der Waals surface area contributed by atoms with E-state index in [1.54, 1.807) is 48.5 Å². The van der Waals surface area contributed by atoms with Gasteiger partial charge in [0.1, 0.15) is 5.75 Å². The zero-order valence-electron chi connectivity index (χ0n) is 21.0. The Morgan fingerprint density at radius 3 is 2.21 bits per heavy atom. The number of ether oxygens (including phenoxy) is 1. The summed E-state index contributed by atoms with van der Waals surface area (Å²) >= 11 is 11.9. The highest BCUT2D eigenvalue weighted by Gasteiger charge is 2.22. The predicted molar refractivity (Wildman–Crippen MR) is 153 cm³/mol. The lowest BCUT2D eigenvalue weighted by molar-refractivity contribution is 0.0628. The van der Waals surface area contributed by atoms with E-state index in [0.29, 0.717) is 51.6 Å². The van der Waals surface area contributed by atoms with Gasteiger partial charge in [-0.2, -0.15) is 0 Å². The van der Waals surface area contributed by atoms with E-state index in [2.05, 4.69) is 27.3 Å². The molecule has 2 amide bonds. The maximum absolute atomic E-state index is 13.0. The molecule has 1 aliphatic rings. The van der Waals surface area contributed by atoms with E-state index in [1.807, 2.05) is 23.1 Å². The van der Waals surface area contributed by atoms with Crippen molar-refractivity contribution >= 4 is 40.7 Å². The number of hydrogen-bond acceptors (Lipinski definition) is 5. The standard InChI is InChI=1S/C30H26Cl2N4O3/c31-26-12-8-23(18-27(26)32)29(37)34-24-9-13-28(33-19-24)39-25-10-6-22(7-11-25)30(38)36-16-14-35(15-17-36)20-21-4-2-1-3-5-21/h1-13,18-19H,14-17,20H2,(H,34,37). The molecule has 1 N–H and O–H groups in total. The van der Waals surface area contributed by atoms with Crippen LogP contribution >= 0.6 is 23.2 Å². The molecule has 198 valence electrons. The average molecular weight is 561 g/mol. The highest BCUT2D eigenvalue weighted by atomic mass is 35.5. The number of hydrogen-bond donors (Lipinski definition) is 1. The highest BCUT2D eigenvalue weighted by molar-refractivity contribution is 6.42. The van der Waals surface area contributed by atoms with E-state index in [0.717, 1.165) is 19.6 Å². The van der Waals surface area contributed by atoms with E-state index >= 15 is 0 Å². The number of nitrogens with one attached hydrogen (secondary N) is 1. The number of amides is 2. The fraction of sp³-hybridized carbons (Fsp3) is 0.167. The summed E-state index contributed by atoms with van der Waals surface area (Å²) in [5.74, 6) is 0.596. The minimum atomic E-state index is -0.332. The van der Waals surface area contributed by atoms with E-state index in [9.17, 15) is 9.59 Å². The van der Waals surface area contributed by atoms with Crippen LogP contribution in [0.25, 0.3) is 0 Å². The molecule has 1 aromatic heterocycles. The third kappa shape index (κ3) is 6.95. The molecule has 39 heavy (non-hydrogen) atoms. The summed E-state index contributed by atoms with van der Waals surface area (Å²) in [4.78, 5) is 34.0.